The topological polar surface area (TPSA) is 0 Å². The highest BCUT2D eigenvalue weighted by atomic mass is 19.1. The molecule has 0 aliphatic heterocycles. The highest BCUT2D eigenvalue weighted by molar-refractivity contribution is 5.72. The molecule has 0 heterocycles. The Hall–Kier alpha value is -4.23. The Morgan fingerprint density at radius 3 is 1.78 bits per heavy atom. The standard InChI is InChI=1S/C40H39F/c1-3-7-31-10-12-32(13-11-31)14-15-35-21-27-39(40(41)29-35)26-18-33-16-22-37(23-17-33)38-24-19-34(20-25-38)28-30(2)36-8-5-4-6-9-36/h4-6,8-13,16-27,29-30H,3,7,14-15,28H2,1-2H3/t30-/m1/s1. The lowest BCUT2D eigenvalue weighted by atomic mass is 9.93. The van der Waals surface area contributed by atoms with Crippen LogP contribution in [0.25, 0.3) is 23.3 Å². The van der Waals surface area contributed by atoms with Crippen LogP contribution in [-0.4, -0.2) is 0 Å². The van der Waals surface area contributed by atoms with Gasteiger partial charge in [0.05, 0.1) is 0 Å². The molecule has 0 saturated carbocycles. The molecule has 0 amide bonds. The zero-order chi connectivity index (χ0) is 28.4. The van der Waals surface area contributed by atoms with Crippen molar-refractivity contribution < 1.29 is 4.39 Å². The Morgan fingerprint density at radius 2 is 1.15 bits per heavy atom. The van der Waals surface area contributed by atoms with E-state index in [1.54, 1.807) is 6.07 Å². The first-order valence-corrected chi connectivity index (χ1v) is 14.9. The first-order valence-electron chi connectivity index (χ1n) is 14.9. The van der Waals surface area contributed by atoms with Crippen molar-refractivity contribution >= 4 is 12.2 Å². The average molecular weight is 539 g/mol. The summed E-state index contributed by atoms with van der Waals surface area (Å²) in [5, 5.41) is 0. The molecule has 0 fully saturated rings. The number of hydrogen-bond acceptors (Lipinski definition) is 0. The molecule has 1 heteroatoms. The van der Waals surface area contributed by atoms with E-state index in [4.69, 9.17) is 0 Å². The molecule has 0 spiro atoms. The number of halogens is 1. The Kier molecular flexibility index (Phi) is 9.60. The van der Waals surface area contributed by atoms with Gasteiger partial charge in [0.25, 0.3) is 0 Å². The largest absolute Gasteiger partial charge is 0.206 e. The van der Waals surface area contributed by atoms with E-state index in [9.17, 15) is 4.39 Å². The SMILES string of the molecule is CCCc1ccc(CCc2ccc(C=Cc3ccc(-c4ccc(C[C@@H](C)c5ccccc5)cc4)cc3)c(F)c2)cc1. The number of hydrogen-bond donors (Lipinski definition) is 0. The summed E-state index contributed by atoms with van der Waals surface area (Å²) in [6.07, 6.45) is 8.91. The molecule has 0 unspecified atom stereocenters. The fourth-order valence-corrected chi connectivity index (χ4v) is 5.37. The van der Waals surface area contributed by atoms with Crippen molar-refractivity contribution in [3.63, 3.8) is 0 Å². The highest BCUT2D eigenvalue weighted by Gasteiger charge is 2.07. The predicted molar refractivity (Wildman–Crippen MR) is 174 cm³/mol. The molecule has 0 saturated heterocycles. The van der Waals surface area contributed by atoms with Gasteiger partial charge in [-0.05, 0) is 82.2 Å². The fraction of sp³-hybridized carbons (Fsp3) is 0.200. The molecule has 0 aliphatic carbocycles. The summed E-state index contributed by atoms with van der Waals surface area (Å²) in [4.78, 5) is 0. The molecule has 5 rings (SSSR count). The van der Waals surface area contributed by atoms with Gasteiger partial charge < -0.3 is 0 Å². The van der Waals surface area contributed by atoms with Crippen LogP contribution in [0.5, 0.6) is 0 Å². The van der Waals surface area contributed by atoms with E-state index in [-0.39, 0.29) is 5.82 Å². The molecule has 0 aliphatic rings. The lowest BCUT2D eigenvalue weighted by Gasteiger charge is -2.12. The van der Waals surface area contributed by atoms with Gasteiger partial charge in [0, 0.05) is 5.56 Å². The summed E-state index contributed by atoms with van der Waals surface area (Å²) >= 11 is 0. The lowest BCUT2D eigenvalue weighted by molar-refractivity contribution is 0.622. The Labute approximate surface area is 245 Å². The summed E-state index contributed by atoms with van der Waals surface area (Å²) in [5.74, 6) is 0.317. The molecule has 5 aromatic carbocycles. The highest BCUT2D eigenvalue weighted by Crippen LogP contribution is 2.25. The van der Waals surface area contributed by atoms with E-state index < -0.39 is 0 Å². The molecule has 0 aromatic heterocycles. The monoisotopic (exact) mass is 538 g/mol. The Bertz CT molecular complexity index is 1540. The van der Waals surface area contributed by atoms with Crippen LogP contribution in [0.4, 0.5) is 4.39 Å². The minimum atomic E-state index is -0.171. The van der Waals surface area contributed by atoms with E-state index in [1.807, 2.05) is 24.3 Å². The van der Waals surface area contributed by atoms with Crippen LogP contribution in [0.2, 0.25) is 0 Å². The Morgan fingerprint density at radius 1 is 0.585 bits per heavy atom. The zero-order valence-electron chi connectivity index (χ0n) is 24.2. The van der Waals surface area contributed by atoms with Crippen LogP contribution < -0.4 is 0 Å². The van der Waals surface area contributed by atoms with Crippen molar-refractivity contribution in [1.82, 2.24) is 0 Å². The Balaban J connectivity index is 1.16. The predicted octanol–water partition coefficient (Wildman–Crippen LogP) is 10.7. The summed E-state index contributed by atoms with van der Waals surface area (Å²) in [6, 6.07) is 42.5. The quantitative estimate of drug-likeness (QED) is 0.147. The van der Waals surface area contributed by atoms with Gasteiger partial charge in [-0.1, -0.05) is 148 Å². The van der Waals surface area contributed by atoms with Crippen LogP contribution in [0.1, 0.15) is 65.1 Å². The zero-order valence-corrected chi connectivity index (χ0v) is 24.2. The summed E-state index contributed by atoms with van der Waals surface area (Å²) in [5.41, 5.74) is 10.5. The van der Waals surface area contributed by atoms with Gasteiger partial charge in [-0.3, -0.25) is 0 Å². The van der Waals surface area contributed by atoms with Crippen molar-refractivity contribution in [1.29, 1.82) is 0 Å². The lowest BCUT2D eigenvalue weighted by Crippen LogP contribution is -1.98. The van der Waals surface area contributed by atoms with Crippen molar-refractivity contribution in [3.8, 4) is 11.1 Å². The maximum absolute atomic E-state index is 14.9. The third kappa shape index (κ3) is 7.92. The van der Waals surface area contributed by atoms with E-state index in [2.05, 4.69) is 117 Å². The van der Waals surface area contributed by atoms with Crippen molar-refractivity contribution in [2.24, 2.45) is 0 Å². The second-order valence-electron chi connectivity index (χ2n) is 11.1. The van der Waals surface area contributed by atoms with Gasteiger partial charge in [0.2, 0.25) is 0 Å². The maximum Gasteiger partial charge on any atom is 0.130 e. The second kappa shape index (κ2) is 13.9. The van der Waals surface area contributed by atoms with Gasteiger partial charge in [-0.25, -0.2) is 4.39 Å². The first kappa shape index (κ1) is 28.3. The van der Waals surface area contributed by atoms with Crippen LogP contribution in [0.3, 0.4) is 0 Å². The maximum atomic E-state index is 14.9. The van der Waals surface area contributed by atoms with E-state index in [0.717, 1.165) is 43.2 Å². The summed E-state index contributed by atoms with van der Waals surface area (Å²) < 4.78 is 14.9. The van der Waals surface area contributed by atoms with Gasteiger partial charge in [0.15, 0.2) is 0 Å². The summed E-state index contributed by atoms with van der Waals surface area (Å²) in [6.45, 7) is 4.48. The molecular formula is C40H39F. The normalized spacial score (nSPS) is 12.1. The van der Waals surface area contributed by atoms with Crippen molar-refractivity contribution in [3.05, 3.63) is 166 Å². The fourth-order valence-electron chi connectivity index (χ4n) is 5.37. The minimum Gasteiger partial charge on any atom is -0.206 e. The van der Waals surface area contributed by atoms with Crippen molar-refractivity contribution in [2.75, 3.05) is 0 Å². The van der Waals surface area contributed by atoms with Crippen LogP contribution in [-0.2, 0) is 25.7 Å². The molecule has 5 aromatic rings. The van der Waals surface area contributed by atoms with Crippen LogP contribution in [0, 0.1) is 5.82 Å². The molecule has 1 atom stereocenters. The number of aryl methyl sites for hydroxylation is 3. The molecular weight excluding hydrogens is 499 g/mol. The molecule has 0 N–H and O–H groups in total. The van der Waals surface area contributed by atoms with Gasteiger partial charge >= 0.3 is 0 Å². The molecule has 0 radical (unpaired) electrons. The number of benzene rings is 5. The van der Waals surface area contributed by atoms with Gasteiger partial charge in [-0.15, -0.1) is 0 Å². The van der Waals surface area contributed by atoms with Crippen LogP contribution >= 0.6 is 0 Å². The van der Waals surface area contributed by atoms with E-state index in [1.165, 1.54) is 33.4 Å². The van der Waals surface area contributed by atoms with Gasteiger partial charge in [0.1, 0.15) is 5.82 Å². The molecule has 0 nitrogen and oxygen atoms in total. The van der Waals surface area contributed by atoms with Crippen molar-refractivity contribution in [2.45, 2.75) is 51.9 Å². The summed E-state index contributed by atoms with van der Waals surface area (Å²) in [7, 11) is 0. The smallest absolute Gasteiger partial charge is 0.130 e. The average Bonchev–Trinajstić information content (AvgIpc) is 3.01. The molecule has 41 heavy (non-hydrogen) atoms. The third-order valence-corrected chi connectivity index (χ3v) is 7.89. The second-order valence-corrected chi connectivity index (χ2v) is 11.1. The van der Waals surface area contributed by atoms with E-state index in [0.29, 0.717) is 11.5 Å². The molecule has 206 valence electrons. The van der Waals surface area contributed by atoms with Crippen LogP contribution in [0.15, 0.2) is 121 Å². The minimum absolute atomic E-state index is 0.171. The third-order valence-electron chi connectivity index (χ3n) is 7.89. The van der Waals surface area contributed by atoms with Gasteiger partial charge in [-0.2, -0.15) is 0 Å². The number of rotatable bonds is 11. The molecule has 0 bridgehead atoms. The first-order chi connectivity index (χ1) is 20.1. The van der Waals surface area contributed by atoms with E-state index >= 15 is 0 Å².